The van der Waals surface area contributed by atoms with Crippen LogP contribution in [0, 0.1) is 18.8 Å². The van der Waals surface area contributed by atoms with Crippen molar-refractivity contribution in [1.29, 1.82) is 0 Å². The summed E-state index contributed by atoms with van der Waals surface area (Å²) in [5.74, 6) is -2.78. The molecule has 45 heavy (non-hydrogen) atoms. The lowest BCUT2D eigenvalue weighted by molar-refractivity contribution is -0.138. The number of amides is 2. The minimum Gasteiger partial charge on any atom is -0.481 e. The van der Waals surface area contributed by atoms with Gasteiger partial charge in [0.1, 0.15) is 0 Å². The van der Waals surface area contributed by atoms with Gasteiger partial charge in [0.25, 0.3) is 5.91 Å². The van der Waals surface area contributed by atoms with Gasteiger partial charge in [0.15, 0.2) is 5.72 Å². The van der Waals surface area contributed by atoms with E-state index in [0.29, 0.717) is 28.2 Å². The van der Waals surface area contributed by atoms with Gasteiger partial charge in [-0.15, -0.1) is 0 Å². The number of carboxylic acids is 2. The van der Waals surface area contributed by atoms with Crippen LogP contribution in [0.25, 0.3) is 12.2 Å². The highest BCUT2D eigenvalue weighted by molar-refractivity contribution is 7.80. The number of aliphatic carboxylic acids is 2. The number of hydrogen-bond donors (Lipinski definition) is 8. The summed E-state index contributed by atoms with van der Waals surface area (Å²) in [6.45, 7) is 12.9. The Kier molecular flexibility index (Phi) is 9.88. The number of nitrogens with one attached hydrogen (secondary N) is 4. The minimum atomic E-state index is -1.62. The first-order valence-corrected chi connectivity index (χ1v) is 15.5. The molecule has 1 saturated heterocycles. The fourth-order valence-corrected chi connectivity index (χ4v) is 6.99. The Morgan fingerprint density at radius 3 is 2.29 bits per heavy atom. The molecule has 0 aromatic carbocycles. The number of carbonyl (C=O) groups is 4. The zero-order valence-corrected chi connectivity index (χ0v) is 27.1. The molecule has 4 heterocycles. The topological polar surface area (TPSA) is 181 Å². The van der Waals surface area contributed by atoms with Gasteiger partial charge in [0, 0.05) is 64.7 Å². The van der Waals surface area contributed by atoms with E-state index in [9.17, 15) is 34.5 Å². The highest BCUT2D eigenvalue weighted by Gasteiger charge is 2.44. The van der Waals surface area contributed by atoms with E-state index in [0.717, 1.165) is 28.0 Å². The molecule has 7 N–H and O–H groups in total. The Morgan fingerprint density at radius 1 is 1.07 bits per heavy atom. The Bertz CT molecular complexity index is 1580. The van der Waals surface area contributed by atoms with Crippen LogP contribution in [0.2, 0.25) is 0 Å². The van der Waals surface area contributed by atoms with Crippen molar-refractivity contribution >= 4 is 48.5 Å². The molecule has 0 saturated carbocycles. The summed E-state index contributed by atoms with van der Waals surface area (Å²) in [5, 5.41) is 39.3. The molecule has 1 aromatic rings. The average Bonchev–Trinajstić information content (AvgIpc) is 3.57. The highest BCUT2D eigenvalue weighted by Crippen LogP contribution is 2.38. The monoisotopic (exact) mass is 638 g/mol. The number of thiol groups is 1. The van der Waals surface area contributed by atoms with Gasteiger partial charge >= 0.3 is 11.9 Å². The lowest BCUT2D eigenvalue weighted by atomic mass is 9.91. The lowest BCUT2D eigenvalue weighted by Crippen LogP contribution is -2.48. The van der Waals surface area contributed by atoms with Crippen molar-refractivity contribution in [2.45, 2.75) is 83.7 Å². The fourth-order valence-electron chi connectivity index (χ4n) is 6.57. The quantitative estimate of drug-likeness (QED) is 0.160. The number of H-pyrrole nitrogens is 1. The van der Waals surface area contributed by atoms with Crippen LogP contribution in [-0.4, -0.2) is 61.1 Å². The zero-order chi connectivity index (χ0) is 33.4. The van der Waals surface area contributed by atoms with Crippen molar-refractivity contribution in [3.05, 3.63) is 68.9 Å². The molecule has 2 amide bonds. The second-order valence-corrected chi connectivity index (χ2v) is 13.0. The normalized spacial score (nSPS) is 27.3. The fraction of sp³-hybridized carbons (Fsp3) is 0.455. The zero-order valence-electron chi connectivity index (χ0n) is 26.2. The highest BCUT2D eigenvalue weighted by atomic mass is 32.1. The summed E-state index contributed by atoms with van der Waals surface area (Å²) in [6, 6.07) is -0.433. The molecule has 242 valence electrons. The largest absolute Gasteiger partial charge is 0.481 e. The van der Waals surface area contributed by atoms with Gasteiger partial charge in [0.2, 0.25) is 5.91 Å². The summed E-state index contributed by atoms with van der Waals surface area (Å²) in [6.07, 6.45) is 5.47. The van der Waals surface area contributed by atoms with Crippen molar-refractivity contribution in [3.63, 3.8) is 0 Å². The Hall–Kier alpha value is -4.03. The predicted molar refractivity (Wildman–Crippen MR) is 174 cm³/mol. The molecule has 0 bridgehead atoms. The third-order valence-corrected chi connectivity index (χ3v) is 9.58. The minimum absolute atomic E-state index is 0.0833. The number of aromatic nitrogens is 1. The van der Waals surface area contributed by atoms with Crippen LogP contribution in [0.3, 0.4) is 0 Å². The van der Waals surface area contributed by atoms with Crippen molar-refractivity contribution in [2.75, 3.05) is 0 Å². The number of rotatable bonds is 12. The molecule has 5 atom stereocenters. The van der Waals surface area contributed by atoms with Crippen LogP contribution in [0.4, 0.5) is 0 Å². The van der Waals surface area contributed by atoms with Gasteiger partial charge in [-0.2, -0.15) is 12.6 Å². The Morgan fingerprint density at radius 2 is 1.71 bits per heavy atom. The average molecular weight is 639 g/mol. The maximum atomic E-state index is 12.5. The molecule has 1 aromatic heterocycles. The van der Waals surface area contributed by atoms with E-state index in [2.05, 4.69) is 40.1 Å². The van der Waals surface area contributed by atoms with Crippen LogP contribution in [-0.2, 0) is 25.6 Å². The maximum absolute atomic E-state index is 12.5. The molecule has 12 heteroatoms. The number of allylic oxidation sites excluding steroid dienone is 2. The maximum Gasteiger partial charge on any atom is 0.303 e. The van der Waals surface area contributed by atoms with Crippen molar-refractivity contribution in [3.8, 4) is 0 Å². The van der Waals surface area contributed by atoms with E-state index in [4.69, 9.17) is 0 Å². The first-order chi connectivity index (χ1) is 21.1. The number of hydrogen-bond acceptors (Lipinski definition) is 7. The van der Waals surface area contributed by atoms with Gasteiger partial charge in [0.05, 0.1) is 6.04 Å². The third kappa shape index (κ3) is 6.81. The van der Waals surface area contributed by atoms with Gasteiger partial charge in [-0.25, -0.2) is 0 Å². The van der Waals surface area contributed by atoms with Crippen LogP contribution in [0.15, 0.2) is 46.3 Å². The summed E-state index contributed by atoms with van der Waals surface area (Å²) in [7, 11) is 0. The van der Waals surface area contributed by atoms with E-state index in [-0.39, 0.29) is 55.1 Å². The Balaban J connectivity index is 1.77. The molecule has 0 radical (unpaired) electrons. The molecule has 1 unspecified atom stereocenters. The van der Waals surface area contributed by atoms with Crippen LogP contribution >= 0.6 is 12.6 Å². The van der Waals surface area contributed by atoms with E-state index in [1.165, 1.54) is 6.08 Å². The van der Waals surface area contributed by atoms with Crippen molar-refractivity contribution < 1.29 is 34.5 Å². The van der Waals surface area contributed by atoms with Crippen LogP contribution in [0.1, 0.15) is 75.9 Å². The summed E-state index contributed by atoms with van der Waals surface area (Å²) in [5.41, 5.74) is 5.08. The van der Waals surface area contributed by atoms with Gasteiger partial charge in [-0.3, -0.25) is 19.2 Å². The lowest BCUT2D eigenvalue weighted by Gasteiger charge is -2.29. The molecule has 0 spiro atoms. The molecular weight excluding hydrogens is 596 g/mol. The molecule has 1 fully saturated rings. The summed E-state index contributed by atoms with van der Waals surface area (Å²) in [4.78, 5) is 51.5. The van der Waals surface area contributed by atoms with Gasteiger partial charge in [-0.1, -0.05) is 26.5 Å². The van der Waals surface area contributed by atoms with Crippen LogP contribution in [0.5, 0.6) is 0 Å². The standard InChI is InChI=1S/C33H42N4O7S/c1-7-20-18(5)33(44,37-32(20)43)14-27-16(3)22(9-11-29(40)41)25(35-27)13-24-21(8-10-28(38)39)15(2)23(34-24)12-26-30(19(6)45)17(4)31(42)36-26/h7,12-13,17,19,27,30,34-35,44-45H,1,8-11,14H2,2-6H3,(H,36,42)(H,37,43)(H,38,39)(H,40,41)/b25-13-,26-12-/t17-,19+,27?,30+,33+/m1/s1. The molecular formula is C33H42N4O7S. The van der Waals surface area contributed by atoms with Gasteiger partial charge < -0.3 is 36.3 Å². The molecule has 11 nitrogen and oxygen atoms in total. The number of carboxylic acid groups (broad SMARTS) is 2. The molecule has 3 aliphatic heterocycles. The molecule has 0 aliphatic carbocycles. The van der Waals surface area contributed by atoms with Crippen molar-refractivity contribution in [1.82, 2.24) is 20.9 Å². The Labute approximate surface area is 268 Å². The number of aliphatic hydroxyl groups is 1. The van der Waals surface area contributed by atoms with E-state index in [1.54, 1.807) is 6.92 Å². The molecule has 4 rings (SSSR count). The van der Waals surface area contributed by atoms with Crippen LogP contribution < -0.4 is 16.0 Å². The molecule has 3 aliphatic rings. The van der Waals surface area contributed by atoms with Gasteiger partial charge in [-0.05, 0) is 73.6 Å². The number of aromatic amines is 1. The first kappa shape index (κ1) is 33.9. The SMILES string of the molecule is C=CC1=C(C)[C@@](O)(CC2N/C(=C\c3[nH]c(/C=C4\NC(=O)[C@H](C)[C@H]4[C@H](C)S)c(C)c3CCC(=O)O)C(CCC(=O)O)=C2C)NC1=O. The second-order valence-electron chi connectivity index (χ2n) is 12.2. The smallest absolute Gasteiger partial charge is 0.303 e. The van der Waals surface area contributed by atoms with E-state index in [1.807, 2.05) is 39.8 Å². The second kappa shape index (κ2) is 13.1. The van der Waals surface area contributed by atoms with E-state index < -0.39 is 29.6 Å². The van der Waals surface area contributed by atoms with Crippen molar-refractivity contribution in [2.24, 2.45) is 11.8 Å². The predicted octanol–water partition coefficient (Wildman–Crippen LogP) is 3.59. The third-order valence-electron chi connectivity index (χ3n) is 9.26. The summed E-state index contributed by atoms with van der Waals surface area (Å²) >= 11 is 4.61. The summed E-state index contributed by atoms with van der Waals surface area (Å²) < 4.78 is 0. The van der Waals surface area contributed by atoms with E-state index >= 15 is 0 Å². The first-order valence-electron chi connectivity index (χ1n) is 15.0. The number of carbonyl (C=O) groups excluding carboxylic acids is 2.